The number of hydrogen-bond acceptors (Lipinski definition) is 5. The molecule has 1 amide bonds. The number of aryl methyl sites for hydroxylation is 3. The van der Waals surface area contributed by atoms with Crippen molar-refractivity contribution in [3.05, 3.63) is 49.0 Å². The van der Waals surface area contributed by atoms with Crippen LogP contribution in [-0.2, 0) is 12.8 Å². The standard InChI is InChI=1S/C16H17N3O2S2/c1-4-10-7-11-15(22-10)17-8-19(16(11)21)18-14(20)13-6-9(3)12(5-2)23-13/h6-8H,4-5H2,1-3H3,(H,18,20). The van der Waals surface area contributed by atoms with E-state index in [0.29, 0.717) is 15.1 Å². The van der Waals surface area contributed by atoms with Crippen LogP contribution in [-0.4, -0.2) is 15.6 Å². The highest BCUT2D eigenvalue weighted by atomic mass is 32.1. The van der Waals surface area contributed by atoms with Crippen LogP contribution >= 0.6 is 22.7 Å². The lowest BCUT2D eigenvalue weighted by Gasteiger charge is -2.05. The first-order chi connectivity index (χ1) is 11.0. The van der Waals surface area contributed by atoms with Gasteiger partial charge in [-0.3, -0.25) is 15.0 Å². The molecule has 3 aromatic rings. The summed E-state index contributed by atoms with van der Waals surface area (Å²) in [6.45, 7) is 6.09. The zero-order valence-corrected chi connectivity index (χ0v) is 14.8. The number of nitrogens with zero attached hydrogens (tertiary/aromatic N) is 2. The average molecular weight is 347 g/mol. The summed E-state index contributed by atoms with van der Waals surface area (Å²) < 4.78 is 1.16. The third-order valence-electron chi connectivity index (χ3n) is 3.64. The predicted octanol–water partition coefficient (Wildman–Crippen LogP) is 3.34. The van der Waals surface area contributed by atoms with E-state index >= 15 is 0 Å². The Balaban J connectivity index is 1.92. The van der Waals surface area contributed by atoms with Gasteiger partial charge in [0.25, 0.3) is 11.5 Å². The Morgan fingerprint density at radius 3 is 2.70 bits per heavy atom. The number of aromatic nitrogens is 2. The summed E-state index contributed by atoms with van der Waals surface area (Å²) in [4.78, 5) is 32.7. The summed E-state index contributed by atoms with van der Waals surface area (Å²) in [6, 6.07) is 3.71. The minimum absolute atomic E-state index is 0.247. The molecule has 0 fully saturated rings. The second-order valence-corrected chi connectivity index (χ2v) is 7.47. The maximum absolute atomic E-state index is 12.5. The number of amides is 1. The number of fused-ring (bicyclic) bond motifs is 1. The first kappa shape index (κ1) is 15.9. The van der Waals surface area contributed by atoms with E-state index in [1.165, 1.54) is 33.9 Å². The van der Waals surface area contributed by atoms with Gasteiger partial charge < -0.3 is 0 Å². The minimum atomic E-state index is -0.285. The molecule has 3 rings (SSSR count). The van der Waals surface area contributed by atoms with Gasteiger partial charge in [-0.2, -0.15) is 0 Å². The van der Waals surface area contributed by atoms with Crippen molar-refractivity contribution in [2.75, 3.05) is 5.43 Å². The molecular formula is C16H17N3O2S2. The maximum atomic E-state index is 12.5. The van der Waals surface area contributed by atoms with Crippen molar-refractivity contribution in [1.82, 2.24) is 9.66 Å². The van der Waals surface area contributed by atoms with E-state index in [9.17, 15) is 9.59 Å². The second-order valence-electron chi connectivity index (χ2n) is 5.22. The van der Waals surface area contributed by atoms with E-state index in [0.717, 1.165) is 28.0 Å². The molecule has 0 bridgehead atoms. The van der Waals surface area contributed by atoms with E-state index in [4.69, 9.17) is 0 Å². The molecule has 0 aliphatic heterocycles. The smallest absolute Gasteiger partial charge is 0.267 e. The molecule has 7 heteroatoms. The van der Waals surface area contributed by atoms with E-state index in [1.807, 2.05) is 26.0 Å². The highest BCUT2D eigenvalue weighted by Crippen LogP contribution is 2.23. The van der Waals surface area contributed by atoms with Crippen LogP contribution < -0.4 is 11.0 Å². The van der Waals surface area contributed by atoms with Gasteiger partial charge in [0.2, 0.25) is 0 Å². The molecule has 0 radical (unpaired) electrons. The molecule has 0 spiro atoms. The van der Waals surface area contributed by atoms with Gasteiger partial charge in [0, 0.05) is 9.75 Å². The van der Waals surface area contributed by atoms with Crippen molar-refractivity contribution in [2.24, 2.45) is 0 Å². The molecule has 0 aromatic carbocycles. The topological polar surface area (TPSA) is 64.0 Å². The van der Waals surface area contributed by atoms with Crippen LogP contribution in [0.15, 0.2) is 23.3 Å². The quantitative estimate of drug-likeness (QED) is 0.787. The van der Waals surface area contributed by atoms with Crippen molar-refractivity contribution in [1.29, 1.82) is 0 Å². The second kappa shape index (κ2) is 6.25. The lowest BCUT2D eigenvalue weighted by atomic mass is 10.2. The van der Waals surface area contributed by atoms with Crippen molar-refractivity contribution >= 4 is 38.8 Å². The lowest BCUT2D eigenvalue weighted by Crippen LogP contribution is -2.32. The fourth-order valence-electron chi connectivity index (χ4n) is 2.37. The SMILES string of the molecule is CCc1cc2c(=O)n(NC(=O)c3cc(C)c(CC)s3)cnc2s1. The van der Waals surface area contributed by atoms with E-state index in [2.05, 4.69) is 17.3 Å². The first-order valence-electron chi connectivity index (χ1n) is 7.44. The van der Waals surface area contributed by atoms with Crippen LogP contribution in [0.25, 0.3) is 10.2 Å². The monoisotopic (exact) mass is 347 g/mol. The minimum Gasteiger partial charge on any atom is -0.267 e. The molecule has 0 unspecified atom stereocenters. The Bertz CT molecular complexity index is 937. The summed E-state index contributed by atoms with van der Waals surface area (Å²) in [7, 11) is 0. The van der Waals surface area contributed by atoms with Gasteiger partial charge in [-0.05, 0) is 37.5 Å². The Kier molecular flexibility index (Phi) is 4.32. The summed E-state index contributed by atoms with van der Waals surface area (Å²) >= 11 is 2.97. The summed E-state index contributed by atoms with van der Waals surface area (Å²) in [5.74, 6) is -0.285. The van der Waals surface area contributed by atoms with Gasteiger partial charge >= 0.3 is 0 Å². The fraction of sp³-hybridized carbons (Fsp3) is 0.312. The molecule has 3 heterocycles. The highest BCUT2D eigenvalue weighted by molar-refractivity contribution is 7.18. The highest BCUT2D eigenvalue weighted by Gasteiger charge is 2.14. The molecule has 3 aromatic heterocycles. The normalized spacial score (nSPS) is 11.1. The van der Waals surface area contributed by atoms with Crippen LogP contribution in [0, 0.1) is 6.92 Å². The molecule has 0 aliphatic carbocycles. The van der Waals surface area contributed by atoms with Gasteiger partial charge in [-0.1, -0.05) is 13.8 Å². The van der Waals surface area contributed by atoms with Crippen LogP contribution in [0.1, 0.15) is 38.8 Å². The number of thiophene rings is 2. The summed E-state index contributed by atoms with van der Waals surface area (Å²) in [5.41, 5.74) is 3.49. The van der Waals surface area contributed by atoms with Crippen molar-refractivity contribution in [3.8, 4) is 0 Å². The molecule has 23 heavy (non-hydrogen) atoms. The number of hydrogen-bond donors (Lipinski definition) is 1. The molecule has 0 aliphatic rings. The van der Waals surface area contributed by atoms with Gasteiger partial charge in [-0.15, -0.1) is 22.7 Å². The lowest BCUT2D eigenvalue weighted by molar-refractivity contribution is 0.101. The van der Waals surface area contributed by atoms with Crippen molar-refractivity contribution in [2.45, 2.75) is 33.6 Å². The van der Waals surface area contributed by atoms with Gasteiger partial charge in [0.05, 0.1) is 10.3 Å². The molecular weight excluding hydrogens is 330 g/mol. The third kappa shape index (κ3) is 2.94. The van der Waals surface area contributed by atoms with Crippen LogP contribution in [0.5, 0.6) is 0 Å². The summed E-state index contributed by atoms with van der Waals surface area (Å²) in [5, 5.41) is 0.547. The van der Waals surface area contributed by atoms with Gasteiger partial charge in [0.15, 0.2) is 0 Å². The molecule has 1 N–H and O–H groups in total. The zero-order chi connectivity index (χ0) is 16.6. The van der Waals surface area contributed by atoms with Crippen LogP contribution in [0.3, 0.4) is 0 Å². The van der Waals surface area contributed by atoms with Gasteiger partial charge in [-0.25, -0.2) is 9.66 Å². The van der Waals surface area contributed by atoms with E-state index in [-0.39, 0.29) is 11.5 Å². The van der Waals surface area contributed by atoms with Crippen LogP contribution in [0.4, 0.5) is 0 Å². The van der Waals surface area contributed by atoms with Gasteiger partial charge in [0.1, 0.15) is 11.2 Å². The van der Waals surface area contributed by atoms with Crippen molar-refractivity contribution in [3.63, 3.8) is 0 Å². The molecule has 0 saturated carbocycles. The molecule has 0 saturated heterocycles. The largest absolute Gasteiger partial charge is 0.280 e. The number of carbonyl (C=O) groups is 1. The maximum Gasteiger partial charge on any atom is 0.280 e. The Morgan fingerprint density at radius 1 is 1.26 bits per heavy atom. The fourth-order valence-corrected chi connectivity index (χ4v) is 4.30. The molecule has 0 atom stereocenters. The van der Waals surface area contributed by atoms with Crippen LogP contribution in [0.2, 0.25) is 0 Å². The number of carbonyl (C=O) groups excluding carboxylic acids is 1. The Morgan fingerprint density at radius 2 is 2.04 bits per heavy atom. The Hall–Kier alpha value is -1.99. The number of rotatable bonds is 4. The first-order valence-corrected chi connectivity index (χ1v) is 9.07. The molecule has 5 nitrogen and oxygen atoms in total. The third-order valence-corrected chi connectivity index (χ3v) is 6.21. The predicted molar refractivity (Wildman–Crippen MR) is 95.4 cm³/mol. The van der Waals surface area contributed by atoms with E-state index < -0.39 is 0 Å². The summed E-state index contributed by atoms with van der Waals surface area (Å²) in [6.07, 6.45) is 3.13. The average Bonchev–Trinajstić information content (AvgIpc) is 3.13. The number of nitrogens with one attached hydrogen (secondary N) is 1. The van der Waals surface area contributed by atoms with E-state index in [1.54, 1.807) is 0 Å². The zero-order valence-electron chi connectivity index (χ0n) is 13.2. The Labute approximate surface area is 141 Å². The molecule has 120 valence electrons. The van der Waals surface area contributed by atoms with Crippen molar-refractivity contribution < 1.29 is 4.79 Å².